The fraction of sp³-hybridized carbons (Fsp3) is 0.455. The van der Waals surface area contributed by atoms with Gasteiger partial charge < -0.3 is 20.3 Å². The molecule has 0 bridgehead atoms. The summed E-state index contributed by atoms with van der Waals surface area (Å²) in [6.07, 6.45) is 2.76. The van der Waals surface area contributed by atoms with Crippen molar-refractivity contribution in [3.05, 3.63) is 59.5 Å². The molecule has 0 radical (unpaired) electrons. The maximum atomic E-state index is 14.0. The van der Waals surface area contributed by atoms with Crippen LogP contribution in [0.5, 0.6) is 0 Å². The SMILES string of the molecule is CN=C(NCc1ccc(COC(C)C)cc1)NC1CCN(c2ncccc2F)C1.I. The van der Waals surface area contributed by atoms with Crippen molar-refractivity contribution in [3.8, 4) is 0 Å². The molecule has 0 spiro atoms. The van der Waals surface area contributed by atoms with E-state index in [1.807, 2.05) is 18.7 Å². The molecule has 2 N–H and O–H groups in total. The summed E-state index contributed by atoms with van der Waals surface area (Å²) in [5.41, 5.74) is 2.34. The maximum Gasteiger partial charge on any atom is 0.191 e. The lowest BCUT2D eigenvalue weighted by molar-refractivity contribution is 0.0657. The van der Waals surface area contributed by atoms with Gasteiger partial charge in [0.15, 0.2) is 17.6 Å². The number of hydrogen-bond acceptors (Lipinski definition) is 4. The quantitative estimate of drug-likeness (QED) is 0.327. The van der Waals surface area contributed by atoms with E-state index in [0.29, 0.717) is 25.5 Å². The van der Waals surface area contributed by atoms with Gasteiger partial charge in [-0.3, -0.25) is 4.99 Å². The second kappa shape index (κ2) is 12.0. The van der Waals surface area contributed by atoms with Gasteiger partial charge in [0.1, 0.15) is 0 Å². The van der Waals surface area contributed by atoms with Crippen molar-refractivity contribution in [1.29, 1.82) is 0 Å². The number of ether oxygens (including phenoxy) is 1. The highest BCUT2D eigenvalue weighted by Crippen LogP contribution is 2.20. The first-order chi connectivity index (χ1) is 14.0. The number of nitrogens with one attached hydrogen (secondary N) is 2. The number of halogens is 2. The Kier molecular flexibility index (Phi) is 9.77. The number of hydrogen-bond donors (Lipinski definition) is 2. The first kappa shape index (κ1) is 24.3. The van der Waals surface area contributed by atoms with Crippen LogP contribution >= 0.6 is 24.0 Å². The van der Waals surface area contributed by atoms with E-state index in [0.717, 1.165) is 24.5 Å². The molecule has 0 amide bonds. The zero-order valence-corrected chi connectivity index (χ0v) is 20.1. The van der Waals surface area contributed by atoms with Crippen LogP contribution in [0, 0.1) is 5.82 Å². The molecule has 0 aliphatic carbocycles. The molecular formula is C22H31FIN5O. The topological polar surface area (TPSA) is 61.8 Å². The molecule has 1 atom stereocenters. The molecule has 1 fully saturated rings. The number of benzene rings is 1. The van der Waals surface area contributed by atoms with Crippen LogP contribution in [-0.2, 0) is 17.9 Å². The van der Waals surface area contributed by atoms with Gasteiger partial charge >= 0.3 is 0 Å². The Bertz CT molecular complexity index is 815. The Balaban J connectivity index is 0.00000320. The van der Waals surface area contributed by atoms with Crippen LogP contribution in [-0.4, -0.2) is 43.2 Å². The number of guanidine groups is 1. The van der Waals surface area contributed by atoms with E-state index in [4.69, 9.17) is 4.74 Å². The van der Waals surface area contributed by atoms with Gasteiger partial charge in [-0.2, -0.15) is 0 Å². The van der Waals surface area contributed by atoms with Gasteiger partial charge in [0.2, 0.25) is 0 Å². The van der Waals surface area contributed by atoms with E-state index in [9.17, 15) is 4.39 Å². The highest BCUT2D eigenvalue weighted by molar-refractivity contribution is 14.0. The van der Waals surface area contributed by atoms with Crippen LogP contribution < -0.4 is 15.5 Å². The van der Waals surface area contributed by atoms with Gasteiger partial charge in [-0.15, -0.1) is 24.0 Å². The van der Waals surface area contributed by atoms with Crippen molar-refractivity contribution in [3.63, 3.8) is 0 Å². The molecule has 6 nitrogen and oxygen atoms in total. The largest absolute Gasteiger partial charge is 0.374 e. The summed E-state index contributed by atoms with van der Waals surface area (Å²) in [6.45, 7) is 6.84. The van der Waals surface area contributed by atoms with E-state index in [-0.39, 0.29) is 41.9 Å². The zero-order valence-electron chi connectivity index (χ0n) is 17.8. The van der Waals surface area contributed by atoms with Crippen molar-refractivity contribution >= 4 is 35.8 Å². The smallest absolute Gasteiger partial charge is 0.191 e. The molecule has 30 heavy (non-hydrogen) atoms. The van der Waals surface area contributed by atoms with Crippen LogP contribution in [0.25, 0.3) is 0 Å². The normalized spacial score (nSPS) is 16.5. The Morgan fingerprint density at radius 3 is 2.67 bits per heavy atom. The van der Waals surface area contributed by atoms with Crippen molar-refractivity contribution in [1.82, 2.24) is 15.6 Å². The molecule has 1 aromatic carbocycles. The number of rotatable bonds is 7. The Morgan fingerprint density at radius 1 is 1.27 bits per heavy atom. The van der Waals surface area contributed by atoms with Crippen LogP contribution in [0.3, 0.4) is 0 Å². The van der Waals surface area contributed by atoms with E-state index in [1.165, 1.54) is 11.6 Å². The number of nitrogens with zero attached hydrogens (tertiary/aromatic N) is 3. The summed E-state index contributed by atoms with van der Waals surface area (Å²) in [5.74, 6) is 0.879. The average Bonchev–Trinajstić information content (AvgIpc) is 3.19. The lowest BCUT2D eigenvalue weighted by atomic mass is 10.1. The van der Waals surface area contributed by atoms with Crippen molar-refractivity contribution < 1.29 is 9.13 Å². The molecule has 1 aromatic heterocycles. The summed E-state index contributed by atoms with van der Waals surface area (Å²) in [6, 6.07) is 11.6. The van der Waals surface area contributed by atoms with Crippen LogP contribution in [0.4, 0.5) is 10.2 Å². The molecule has 3 rings (SSSR count). The average molecular weight is 527 g/mol. The summed E-state index contributed by atoms with van der Waals surface area (Å²) in [7, 11) is 1.76. The third kappa shape index (κ3) is 7.09. The van der Waals surface area contributed by atoms with Crippen molar-refractivity contribution in [2.45, 2.75) is 45.6 Å². The zero-order chi connectivity index (χ0) is 20.6. The van der Waals surface area contributed by atoms with Crippen LogP contribution in [0.15, 0.2) is 47.6 Å². The minimum Gasteiger partial charge on any atom is -0.374 e. The van der Waals surface area contributed by atoms with Gasteiger partial charge in [0.05, 0.1) is 12.7 Å². The van der Waals surface area contributed by atoms with Gasteiger partial charge in [0.25, 0.3) is 0 Å². The van der Waals surface area contributed by atoms with E-state index in [1.54, 1.807) is 19.3 Å². The molecule has 1 unspecified atom stereocenters. The molecule has 2 heterocycles. The minimum atomic E-state index is -0.280. The summed E-state index contributed by atoms with van der Waals surface area (Å²) in [4.78, 5) is 10.5. The lowest BCUT2D eigenvalue weighted by Crippen LogP contribution is -2.44. The maximum absolute atomic E-state index is 14.0. The predicted octanol–water partition coefficient (Wildman–Crippen LogP) is 3.71. The predicted molar refractivity (Wildman–Crippen MR) is 130 cm³/mol. The fourth-order valence-corrected chi connectivity index (χ4v) is 3.27. The molecule has 1 aliphatic heterocycles. The van der Waals surface area contributed by atoms with E-state index < -0.39 is 0 Å². The first-order valence-electron chi connectivity index (χ1n) is 10.1. The lowest BCUT2D eigenvalue weighted by Gasteiger charge is -2.20. The molecular weight excluding hydrogens is 496 g/mol. The van der Waals surface area contributed by atoms with Gasteiger partial charge in [-0.05, 0) is 43.5 Å². The molecule has 1 saturated heterocycles. The number of aliphatic imine (C=N–C) groups is 1. The third-order valence-corrected chi connectivity index (χ3v) is 4.86. The summed E-state index contributed by atoms with van der Waals surface area (Å²) in [5, 5.41) is 6.77. The Morgan fingerprint density at radius 2 is 2.00 bits per heavy atom. The van der Waals surface area contributed by atoms with Gasteiger partial charge in [-0.25, -0.2) is 9.37 Å². The summed E-state index contributed by atoms with van der Waals surface area (Å²) < 4.78 is 19.6. The fourth-order valence-electron chi connectivity index (χ4n) is 3.27. The molecule has 8 heteroatoms. The van der Waals surface area contributed by atoms with Crippen LogP contribution in [0.2, 0.25) is 0 Å². The minimum absolute atomic E-state index is 0. The number of aromatic nitrogens is 1. The highest BCUT2D eigenvalue weighted by atomic mass is 127. The number of anilines is 1. The van der Waals surface area contributed by atoms with Crippen LogP contribution in [0.1, 0.15) is 31.4 Å². The standard InChI is InChI=1S/C22H30FN5O.HI/c1-16(2)29-15-18-8-6-17(7-9-18)13-26-22(24-3)27-19-10-12-28(14-19)21-20(23)5-4-11-25-21;/h4-9,11,16,19H,10,12-15H2,1-3H3,(H2,24,26,27);1H. The highest BCUT2D eigenvalue weighted by Gasteiger charge is 2.25. The molecule has 1 aliphatic rings. The Labute approximate surface area is 195 Å². The van der Waals surface area contributed by atoms with Gasteiger partial charge in [0, 0.05) is 38.9 Å². The second-order valence-electron chi connectivity index (χ2n) is 7.49. The van der Waals surface area contributed by atoms with Crippen molar-refractivity contribution in [2.24, 2.45) is 4.99 Å². The Hall–Kier alpha value is -1.94. The van der Waals surface area contributed by atoms with E-state index >= 15 is 0 Å². The van der Waals surface area contributed by atoms with Gasteiger partial charge in [-0.1, -0.05) is 24.3 Å². The summed E-state index contributed by atoms with van der Waals surface area (Å²) >= 11 is 0. The molecule has 2 aromatic rings. The first-order valence-corrected chi connectivity index (χ1v) is 10.1. The number of pyridine rings is 1. The molecule has 164 valence electrons. The second-order valence-corrected chi connectivity index (χ2v) is 7.49. The van der Waals surface area contributed by atoms with E-state index in [2.05, 4.69) is 44.9 Å². The third-order valence-electron chi connectivity index (χ3n) is 4.86. The van der Waals surface area contributed by atoms with Crippen molar-refractivity contribution in [2.75, 3.05) is 25.0 Å². The molecule has 0 saturated carbocycles. The monoisotopic (exact) mass is 527 g/mol.